The maximum atomic E-state index is 10.1. The van der Waals surface area contributed by atoms with E-state index in [0.29, 0.717) is 0 Å². The van der Waals surface area contributed by atoms with Crippen LogP contribution in [-0.4, -0.2) is 43.7 Å². The van der Waals surface area contributed by atoms with Gasteiger partial charge in [-0.25, -0.2) is 0 Å². The molecule has 0 atom stereocenters. The van der Waals surface area contributed by atoms with Gasteiger partial charge in [-0.15, -0.1) is 6.58 Å². The minimum atomic E-state index is -0.924. The van der Waals surface area contributed by atoms with Crippen LogP contribution >= 0.6 is 0 Å². The summed E-state index contributed by atoms with van der Waals surface area (Å²) in [6.45, 7) is 3.66. The van der Waals surface area contributed by atoms with Crippen LogP contribution in [0.5, 0.6) is 0 Å². The van der Waals surface area contributed by atoms with E-state index in [0.717, 1.165) is 25.7 Å². The summed E-state index contributed by atoms with van der Waals surface area (Å²) < 4.78 is 0. The minimum absolute atomic E-state index is 0. The van der Waals surface area contributed by atoms with Gasteiger partial charge in [-0.05, 0) is 25.7 Å². The van der Waals surface area contributed by atoms with Crippen LogP contribution in [0.3, 0.4) is 0 Å². The number of allylic oxidation sites excluding steroid dienone is 1. The number of unbranched alkanes of at least 4 members (excludes halogenated alkanes) is 6. The van der Waals surface area contributed by atoms with Crippen LogP contribution in [0.1, 0.15) is 51.4 Å². The van der Waals surface area contributed by atoms with E-state index in [9.17, 15) is 9.90 Å². The van der Waals surface area contributed by atoms with E-state index in [1.807, 2.05) is 6.08 Å². The molecule has 0 fully saturated rings. The fourth-order valence-corrected chi connectivity index (χ4v) is 1.27. The number of rotatable bonds is 9. The zero-order chi connectivity index (χ0) is 9.94. The first kappa shape index (κ1) is 16.9. The van der Waals surface area contributed by atoms with Crippen molar-refractivity contribution >= 4 is 43.7 Å². The van der Waals surface area contributed by atoms with Crippen molar-refractivity contribution in [2.45, 2.75) is 51.4 Å². The van der Waals surface area contributed by atoms with Gasteiger partial charge in [0.05, 0.1) is 0 Å². The van der Waals surface area contributed by atoms with Crippen LogP contribution in [0.4, 0.5) is 0 Å². The van der Waals surface area contributed by atoms with Gasteiger partial charge in [-0.3, -0.25) is 0 Å². The predicted octanol–water partition coefficient (Wildman–Crippen LogP) is 1.66. The molecule has 0 aromatic carbocycles. The monoisotopic (exact) mass is 223 g/mol. The van der Waals surface area contributed by atoms with Gasteiger partial charge < -0.3 is 9.90 Å². The van der Waals surface area contributed by atoms with Crippen molar-refractivity contribution in [3.63, 3.8) is 0 Å². The number of carboxylic acids is 1. The van der Waals surface area contributed by atoms with Crippen LogP contribution in [0, 0.1) is 0 Å². The Balaban J connectivity index is 0. The smallest absolute Gasteiger partial charge is 0.550 e. The van der Waals surface area contributed by atoms with Crippen molar-refractivity contribution < 1.29 is 9.90 Å². The number of aliphatic carboxylic acids is 1. The number of hydrogen-bond acceptors (Lipinski definition) is 2. The maximum Gasteiger partial charge on any atom is 2.00 e. The molecule has 0 saturated carbocycles. The third-order valence-corrected chi connectivity index (χ3v) is 2.04. The van der Waals surface area contributed by atoms with Gasteiger partial charge in [0, 0.05) is 5.97 Å². The molecule has 2 nitrogen and oxygen atoms in total. The van der Waals surface area contributed by atoms with E-state index in [1.165, 1.54) is 19.3 Å². The van der Waals surface area contributed by atoms with Crippen LogP contribution in [0.15, 0.2) is 12.7 Å². The van der Waals surface area contributed by atoms with E-state index >= 15 is 0 Å². The molecule has 0 aliphatic heterocycles. The molecule has 0 heterocycles. The van der Waals surface area contributed by atoms with E-state index in [1.54, 1.807) is 0 Å². The zero-order valence-corrected chi connectivity index (χ0v) is 11.2. The van der Waals surface area contributed by atoms with Crippen LogP contribution in [-0.2, 0) is 4.79 Å². The van der Waals surface area contributed by atoms with Crippen molar-refractivity contribution in [2.24, 2.45) is 0 Å². The number of carboxylic acid groups (broad SMARTS) is 1. The molecule has 3 heteroatoms. The molecule has 0 aliphatic carbocycles. The summed E-state index contributed by atoms with van der Waals surface area (Å²) in [5.41, 5.74) is 0. The number of carbonyl (C=O) groups excluding carboxylic acids is 1. The quantitative estimate of drug-likeness (QED) is 0.339. The Bertz CT molecular complexity index is 146. The molecule has 0 saturated heterocycles. The van der Waals surface area contributed by atoms with Crippen LogP contribution < -0.4 is 5.11 Å². The second kappa shape index (κ2) is 13.5. The molecular formula is C11H19CaO2+. The molecule has 0 unspecified atom stereocenters. The predicted molar refractivity (Wildman–Crippen MR) is 57.9 cm³/mol. The fraction of sp³-hybridized carbons (Fsp3) is 0.727. The van der Waals surface area contributed by atoms with E-state index in [4.69, 9.17) is 0 Å². The summed E-state index contributed by atoms with van der Waals surface area (Å²) in [6, 6.07) is 0. The molecule has 0 aliphatic rings. The summed E-state index contributed by atoms with van der Waals surface area (Å²) in [5, 5.41) is 10.1. The maximum absolute atomic E-state index is 10.1. The standard InChI is InChI=1S/C11H20O2.Ca/c1-2-3-4-5-6-7-8-9-10-11(12)13;/h2H,1,3-10H2,(H,12,13);/q;+2/p-1. The summed E-state index contributed by atoms with van der Waals surface area (Å²) in [4.78, 5) is 10.1. The summed E-state index contributed by atoms with van der Waals surface area (Å²) >= 11 is 0. The van der Waals surface area contributed by atoms with Crippen molar-refractivity contribution in [3.8, 4) is 0 Å². The van der Waals surface area contributed by atoms with Gasteiger partial charge in [-0.2, -0.15) is 0 Å². The molecular weight excluding hydrogens is 204 g/mol. The average Bonchev–Trinajstić information content (AvgIpc) is 2.09. The van der Waals surface area contributed by atoms with Gasteiger partial charge in [0.25, 0.3) is 0 Å². The Kier molecular flexibility index (Phi) is 16.2. The minimum Gasteiger partial charge on any atom is -0.550 e. The SMILES string of the molecule is C=CCCCCCCCCC(=O)[O-].[Ca+2]. The number of hydrogen-bond donors (Lipinski definition) is 0. The Morgan fingerprint density at radius 2 is 1.57 bits per heavy atom. The van der Waals surface area contributed by atoms with Gasteiger partial charge in [0.1, 0.15) is 0 Å². The Labute approximate surface area is 117 Å². The average molecular weight is 223 g/mol. The summed E-state index contributed by atoms with van der Waals surface area (Å²) in [5.74, 6) is -0.924. The second-order valence-corrected chi connectivity index (χ2v) is 3.32. The molecule has 0 aromatic heterocycles. The molecule has 76 valence electrons. The largest absolute Gasteiger partial charge is 2.00 e. The zero-order valence-electron chi connectivity index (χ0n) is 8.96. The van der Waals surface area contributed by atoms with Gasteiger partial charge in [-0.1, -0.05) is 31.8 Å². The van der Waals surface area contributed by atoms with E-state index < -0.39 is 5.97 Å². The second-order valence-electron chi connectivity index (χ2n) is 3.32. The molecule has 0 spiro atoms. The van der Waals surface area contributed by atoms with Crippen LogP contribution in [0.25, 0.3) is 0 Å². The molecule has 0 radical (unpaired) electrons. The van der Waals surface area contributed by atoms with Crippen molar-refractivity contribution in [2.75, 3.05) is 0 Å². The molecule has 0 N–H and O–H groups in total. The summed E-state index contributed by atoms with van der Waals surface area (Å²) in [6.07, 6.45) is 9.83. The first-order valence-corrected chi connectivity index (χ1v) is 5.08. The van der Waals surface area contributed by atoms with Gasteiger partial charge in [0.2, 0.25) is 0 Å². The Hall–Kier alpha value is 0.470. The molecule has 0 aromatic rings. The molecule has 14 heavy (non-hydrogen) atoms. The van der Waals surface area contributed by atoms with Gasteiger partial charge in [0.15, 0.2) is 0 Å². The molecule has 0 rings (SSSR count). The topological polar surface area (TPSA) is 40.1 Å². The van der Waals surface area contributed by atoms with Crippen LogP contribution in [0.2, 0.25) is 0 Å². The Morgan fingerprint density at radius 1 is 1.07 bits per heavy atom. The van der Waals surface area contributed by atoms with Crippen molar-refractivity contribution in [3.05, 3.63) is 12.7 Å². The third kappa shape index (κ3) is 15.0. The van der Waals surface area contributed by atoms with Crippen molar-refractivity contribution in [1.82, 2.24) is 0 Å². The molecule has 0 amide bonds. The third-order valence-electron chi connectivity index (χ3n) is 2.04. The van der Waals surface area contributed by atoms with Crippen molar-refractivity contribution in [1.29, 1.82) is 0 Å². The number of carbonyl (C=O) groups is 1. The van der Waals surface area contributed by atoms with Gasteiger partial charge >= 0.3 is 37.7 Å². The van der Waals surface area contributed by atoms with E-state index in [-0.39, 0.29) is 44.2 Å². The molecule has 0 bridgehead atoms. The Morgan fingerprint density at radius 3 is 2.07 bits per heavy atom. The first-order chi connectivity index (χ1) is 6.27. The normalized spacial score (nSPS) is 9.14. The summed E-state index contributed by atoms with van der Waals surface area (Å²) in [7, 11) is 0. The first-order valence-electron chi connectivity index (χ1n) is 5.08. The van der Waals surface area contributed by atoms with E-state index in [2.05, 4.69) is 6.58 Å². The fourth-order valence-electron chi connectivity index (χ4n) is 1.27.